The molecule has 2 aromatic rings. The highest BCUT2D eigenvalue weighted by Gasteiger charge is 2.38. The van der Waals surface area contributed by atoms with Gasteiger partial charge in [-0.05, 0) is 29.8 Å². The molecule has 2 aromatic carbocycles. The third-order valence-corrected chi connectivity index (χ3v) is 7.32. The summed E-state index contributed by atoms with van der Waals surface area (Å²) >= 11 is 0. The van der Waals surface area contributed by atoms with Crippen LogP contribution in [-0.2, 0) is 19.9 Å². The van der Waals surface area contributed by atoms with Crippen LogP contribution in [0.25, 0.3) is 0 Å². The Labute approximate surface area is 133 Å². The molecule has 0 aliphatic rings. The first-order chi connectivity index (χ1) is 10.6. The molecular weight excluding hydrogens is 340 g/mol. The van der Waals surface area contributed by atoms with Crippen molar-refractivity contribution in [2.75, 3.05) is 0 Å². The summed E-state index contributed by atoms with van der Waals surface area (Å²) in [6.07, 6.45) is 0. The van der Waals surface area contributed by atoms with Gasteiger partial charge in [-0.15, -0.1) is 0 Å². The lowest BCUT2D eigenvalue weighted by atomic mass is 10.2. The predicted molar refractivity (Wildman–Crippen MR) is 84.4 cm³/mol. The van der Waals surface area contributed by atoms with Crippen LogP contribution in [0.2, 0.25) is 0 Å². The molecule has 0 spiro atoms. The molecule has 0 aromatic heterocycles. The molecule has 0 saturated carbocycles. The van der Waals surface area contributed by atoms with Crippen LogP contribution >= 0.6 is 0 Å². The lowest BCUT2D eigenvalue weighted by Crippen LogP contribution is -2.28. The van der Waals surface area contributed by atoms with Gasteiger partial charge >= 0.3 is 0 Å². The van der Waals surface area contributed by atoms with Gasteiger partial charge in [0.25, 0.3) is 0 Å². The zero-order valence-corrected chi connectivity index (χ0v) is 13.4. The number of rotatable bonds is 5. The second-order valence-electron chi connectivity index (χ2n) is 4.77. The SMILES string of the molecule is NC(=O)c1ccc(S(=O)(=O)C(c2ccccc2)S(N)(=O)=O)cc1. The Morgan fingerprint density at radius 1 is 0.870 bits per heavy atom. The van der Waals surface area contributed by atoms with Crippen molar-refractivity contribution in [1.29, 1.82) is 0 Å². The summed E-state index contributed by atoms with van der Waals surface area (Å²) in [5, 5.41) is 5.13. The molecule has 0 bridgehead atoms. The number of hydrogen-bond acceptors (Lipinski definition) is 5. The Kier molecular flexibility index (Phi) is 4.55. The molecule has 0 radical (unpaired) electrons. The fourth-order valence-electron chi connectivity index (χ4n) is 2.09. The maximum absolute atomic E-state index is 12.7. The number of carbonyl (C=O) groups excluding carboxylic acids is 1. The predicted octanol–water partition coefficient (Wildman–Crippen LogP) is 0.547. The average molecular weight is 354 g/mol. The molecule has 2 rings (SSSR count). The zero-order chi connectivity index (χ0) is 17.3. The second-order valence-corrected chi connectivity index (χ2v) is 8.75. The highest BCUT2D eigenvalue weighted by atomic mass is 32.3. The minimum atomic E-state index is -4.43. The van der Waals surface area contributed by atoms with E-state index >= 15 is 0 Å². The van der Waals surface area contributed by atoms with E-state index in [1.165, 1.54) is 36.4 Å². The Morgan fingerprint density at radius 2 is 1.39 bits per heavy atom. The highest BCUT2D eigenvalue weighted by Crippen LogP contribution is 2.32. The van der Waals surface area contributed by atoms with E-state index in [0.717, 1.165) is 12.1 Å². The van der Waals surface area contributed by atoms with Gasteiger partial charge < -0.3 is 5.73 Å². The molecule has 0 saturated heterocycles. The molecule has 1 unspecified atom stereocenters. The normalized spacial score (nSPS) is 13.4. The van der Waals surface area contributed by atoms with Gasteiger partial charge in [-0.2, -0.15) is 0 Å². The van der Waals surface area contributed by atoms with E-state index in [4.69, 9.17) is 10.9 Å². The molecule has 4 N–H and O–H groups in total. The average Bonchev–Trinajstić information content (AvgIpc) is 2.46. The lowest BCUT2D eigenvalue weighted by Gasteiger charge is -2.16. The number of carbonyl (C=O) groups is 1. The van der Waals surface area contributed by atoms with Gasteiger partial charge in [-0.25, -0.2) is 22.0 Å². The smallest absolute Gasteiger partial charge is 0.248 e. The third-order valence-electron chi connectivity index (χ3n) is 3.12. The van der Waals surface area contributed by atoms with Crippen molar-refractivity contribution >= 4 is 25.8 Å². The van der Waals surface area contributed by atoms with Crippen molar-refractivity contribution in [3.63, 3.8) is 0 Å². The van der Waals surface area contributed by atoms with Crippen LogP contribution in [0.5, 0.6) is 0 Å². The van der Waals surface area contributed by atoms with E-state index in [1.54, 1.807) is 6.07 Å². The molecule has 0 aliphatic heterocycles. The molecule has 1 atom stereocenters. The van der Waals surface area contributed by atoms with Gasteiger partial charge in [0.2, 0.25) is 30.3 Å². The fourth-order valence-corrected chi connectivity index (χ4v) is 5.65. The van der Waals surface area contributed by atoms with Crippen LogP contribution in [-0.4, -0.2) is 22.7 Å². The van der Waals surface area contributed by atoms with E-state index in [9.17, 15) is 21.6 Å². The number of sulfonamides is 1. The number of primary sulfonamides is 1. The van der Waals surface area contributed by atoms with Crippen molar-refractivity contribution in [2.24, 2.45) is 10.9 Å². The summed E-state index contributed by atoms with van der Waals surface area (Å²) < 4.78 is 47.1. The van der Waals surface area contributed by atoms with Crippen LogP contribution in [0, 0.1) is 0 Å². The maximum atomic E-state index is 12.7. The van der Waals surface area contributed by atoms with Gasteiger partial charge in [-0.1, -0.05) is 30.3 Å². The van der Waals surface area contributed by atoms with E-state index < -0.39 is 30.3 Å². The monoisotopic (exact) mass is 354 g/mol. The minimum Gasteiger partial charge on any atom is -0.366 e. The Bertz CT molecular complexity index is 921. The Balaban J connectivity index is 2.60. The summed E-state index contributed by atoms with van der Waals surface area (Å²) in [6, 6.07) is 12.0. The van der Waals surface area contributed by atoms with E-state index in [0.29, 0.717) is 0 Å². The largest absolute Gasteiger partial charge is 0.366 e. The summed E-state index contributed by atoms with van der Waals surface area (Å²) in [4.78, 5) is 10.8. The third kappa shape index (κ3) is 3.58. The number of amides is 1. The summed E-state index contributed by atoms with van der Waals surface area (Å²) in [7, 11) is -8.75. The molecule has 1 amide bonds. The van der Waals surface area contributed by atoms with E-state index in [-0.39, 0.29) is 16.0 Å². The Hall–Kier alpha value is -2.23. The summed E-state index contributed by atoms with van der Waals surface area (Å²) in [5.41, 5.74) is 5.23. The van der Waals surface area contributed by atoms with Crippen molar-refractivity contribution < 1.29 is 21.6 Å². The molecule has 0 fully saturated rings. The molecule has 122 valence electrons. The van der Waals surface area contributed by atoms with Crippen molar-refractivity contribution in [3.05, 3.63) is 65.7 Å². The van der Waals surface area contributed by atoms with Crippen molar-refractivity contribution in [3.8, 4) is 0 Å². The summed E-state index contributed by atoms with van der Waals surface area (Å²) in [6.45, 7) is 0. The van der Waals surface area contributed by atoms with E-state index in [2.05, 4.69) is 0 Å². The zero-order valence-electron chi connectivity index (χ0n) is 11.8. The number of sulfone groups is 1. The second kappa shape index (κ2) is 6.11. The molecular formula is C14H14N2O5S2. The summed E-state index contributed by atoms with van der Waals surface area (Å²) in [5.74, 6) is -0.722. The van der Waals surface area contributed by atoms with Crippen LogP contribution < -0.4 is 10.9 Å². The number of benzene rings is 2. The first kappa shape index (κ1) is 17.1. The quantitative estimate of drug-likeness (QED) is 0.807. The molecule has 23 heavy (non-hydrogen) atoms. The van der Waals surface area contributed by atoms with Gasteiger partial charge in [0.05, 0.1) is 4.90 Å². The number of primary amides is 1. The van der Waals surface area contributed by atoms with Crippen molar-refractivity contribution in [2.45, 2.75) is 9.48 Å². The van der Waals surface area contributed by atoms with Gasteiger partial charge in [0, 0.05) is 5.56 Å². The number of nitrogens with two attached hydrogens (primary N) is 2. The fraction of sp³-hybridized carbons (Fsp3) is 0.0714. The van der Waals surface area contributed by atoms with Crippen LogP contribution in [0.4, 0.5) is 0 Å². The molecule has 0 heterocycles. The van der Waals surface area contributed by atoms with Gasteiger partial charge in [-0.3, -0.25) is 4.79 Å². The first-order valence-electron chi connectivity index (χ1n) is 6.34. The highest BCUT2D eigenvalue weighted by molar-refractivity contribution is 8.07. The lowest BCUT2D eigenvalue weighted by molar-refractivity contribution is 0.1000. The maximum Gasteiger partial charge on any atom is 0.248 e. The van der Waals surface area contributed by atoms with Crippen LogP contribution in [0.15, 0.2) is 59.5 Å². The van der Waals surface area contributed by atoms with Crippen molar-refractivity contribution in [1.82, 2.24) is 0 Å². The number of hydrogen-bond donors (Lipinski definition) is 2. The van der Waals surface area contributed by atoms with Gasteiger partial charge in [0.1, 0.15) is 0 Å². The van der Waals surface area contributed by atoms with Crippen LogP contribution in [0.3, 0.4) is 0 Å². The molecule has 7 nitrogen and oxygen atoms in total. The standard InChI is InChI=1S/C14H14N2O5S2/c15-13(17)10-6-8-12(9-7-10)22(18,19)14(23(16,20)21)11-4-2-1-3-5-11/h1-9,14H,(H2,15,17)(H2,16,20,21). The van der Waals surface area contributed by atoms with Gasteiger partial charge in [0.15, 0.2) is 0 Å². The molecule has 9 heteroatoms. The molecule has 0 aliphatic carbocycles. The topological polar surface area (TPSA) is 137 Å². The van der Waals surface area contributed by atoms with E-state index in [1.807, 2.05) is 0 Å². The first-order valence-corrected chi connectivity index (χ1v) is 9.50. The Morgan fingerprint density at radius 3 is 1.83 bits per heavy atom. The minimum absolute atomic E-state index is 0.0361. The van der Waals surface area contributed by atoms with Crippen LogP contribution in [0.1, 0.15) is 20.5 Å².